The highest BCUT2D eigenvalue weighted by Gasteiger charge is 2.51. The molecule has 110 valence electrons. The number of nitrogens with zero attached hydrogens (tertiary/aromatic N) is 1. The van der Waals surface area contributed by atoms with Crippen molar-refractivity contribution in [3.8, 4) is 6.07 Å². The van der Waals surface area contributed by atoms with Crippen LogP contribution in [0.4, 0.5) is 0 Å². The van der Waals surface area contributed by atoms with E-state index in [9.17, 15) is 10.4 Å². The molecule has 1 rings (SSSR count). The third-order valence-electron chi connectivity index (χ3n) is 4.72. The minimum Gasteiger partial charge on any atom is -0.388 e. The van der Waals surface area contributed by atoms with E-state index in [1.807, 2.05) is 0 Å². The fraction of sp³-hybridized carbons (Fsp3) is 0.941. The number of rotatable bonds is 5. The molecule has 0 spiro atoms. The maximum Gasteiger partial charge on any atom is 0.0860 e. The first kappa shape index (κ1) is 16.5. The molecule has 0 heterocycles. The Morgan fingerprint density at radius 1 is 1.16 bits per heavy atom. The highest BCUT2D eigenvalue weighted by molar-refractivity contribution is 5.13. The van der Waals surface area contributed by atoms with Gasteiger partial charge in [0.1, 0.15) is 0 Å². The van der Waals surface area contributed by atoms with Crippen LogP contribution in [-0.4, -0.2) is 10.7 Å². The lowest BCUT2D eigenvalue weighted by Crippen LogP contribution is -2.51. The number of nitriles is 1. The molecule has 19 heavy (non-hydrogen) atoms. The van der Waals surface area contributed by atoms with Gasteiger partial charge in [-0.3, -0.25) is 0 Å². The van der Waals surface area contributed by atoms with Crippen LogP contribution in [0.15, 0.2) is 0 Å². The maximum atomic E-state index is 11.3. The highest BCUT2D eigenvalue weighted by Crippen LogP contribution is 2.50. The Balaban J connectivity index is 3.02. The summed E-state index contributed by atoms with van der Waals surface area (Å²) in [5, 5.41) is 21.1. The van der Waals surface area contributed by atoms with Crippen molar-refractivity contribution in [3.05, 3.63) is 0 Å². The van der Waals surface area contributed by atoms with Crippen molar-refractivity contribution >= 4 is 0 Å². The molecule has 2 heteroatoms. The minimum atomic E-state index is -0.815. The van der Waals surface area contributed by atoms with Crippen LogP contribution >= 0.6 is 0 Å². The first-order valence-electron chi connectivity index (χ1n) is 7.88. The van der Waals surface area contributed by atoms with E-state index < -0.39 is 11.0 Å². The molecule has 0 aliphatic heterocycles. The summed E-state index contributed by atoms with van der Waals surface area (Å²) in [4.78, 5) is 0. The molecule has 0 aromatic carbocycles. The maximum absolute atomic E-state index is 11.3. The summed E-state index contributed by atoms with van der Waals surface area (Å²) in [6.07, 6.45) is 5.36. The van der Waals surface area contributed by atoms with Crippen LogP contribution in [0.2, 0.25) is 0 Å². The van der Waals surface area contributed by atoms with Gasteiger partial charge in [-0.25, -0.2) is 0 Å². The van der Waals surface area contributed by atoms with Crippen LogP contribution in [0.1, 0.15) is 73.1 Å². The molecule has 1 aliphatic carbocycles. The van der Waals surface area contributed by atoms with Crippen LogP contribution in [0.25, 0.3) is 0 Å². The minimum absolute atomic E-state index is 0.424. The van der Waals surface area contributed by atoms with Crippen molar-refractivity contribution in [1.82, 2.24) is 0 Å². The van der Waals surface area contributed by atoms with E-state index in [1.165, 1.54) is 0 Å². The van der Waals surface area contributed by atoms with Gasteiger partial charge in [-0.05, 0) is 56.3 Å². The molecule has 0 bridgehead atoms. The average molecular weight is 265 g/mol. The molecular weight excluding hydrogens is 234 g/mol. The van der Waals surface area contributed by atoms with Gasteiger partial charge < -0.3 is 5.11 Å². The Morgan fingerprint density at radius 2 is 1.58 bits per heavy atom. The number of hydrogen-bond donors (Lipinski definition) is 1. The van der Waals surface area contributed by atoms with Gasteiger partial charge in [-0.2, -0.15) is 5.26 Å². The van der Waals surface area contributed by atoms with Crippen molar-refractivity contribution in [2.45, 2.75) is 78.7 Å². The van der Waals surface area contributed by atoms with Gasteiger partial charge in [0.05, 0.1) is 17.1 Å². The Hall–Kier alpha value is -0.550. The van der Waals surface area contributed by atoms with Gasteiger partial charge in [0.15, 0.2) is 0 Å². The molecule has 1 saturated carbocycles. The van der Waals surface area contributed by atoms with E-state index in [4.69, 9.17) is 0 Å². The summed E-state index contributed by atoms with van der Waals surface area (Å²) < 4.78 is 0. The molecule has 0 saturated heterocycles. The van der Waals surface area contributed by atoms with Crippen molar-refractivity contribution in [1.29, 1.82) is 5.26 Å². The van der Waals surface area contributed by atoms with Crippen LogP contribution in [0.5, 0.6) is 0 Å². The molecule has 1 fully saturated rings. The molecule has 0 unspecified atom stereocenters. The lowest BCUT2D eigenvalue weighted by molar-refractivity contribution is -0.103. The van der Waals surface area contributed by atoms with Gasteiger partial charge in [-0.15, -0.1) is 0 Å². The van der Waals surface area contributed by atoms with Gasteiger partial charge in [0.2, 0.25) is 0 Å². The van der Waals surface area contributed by atoms with E-state index in [0.29, 0.717) is 17.8 Å². The van der Waals surface area contributed by atoms with Gasteiger partial charge in [0.25, 0.3) is 0 Å². The molecule has 0 aromatic rings. The zero-order valence-electron chi connectivity index (χ0n) is 13.4. The predicted molar refractivity (Wildman–Crippen MR) is 79.5 cm³/mol. The smallest absolute Gasteiger partial charge is 0.0860 e. The summed E-state index contributed by atoms with van der Waals surface area (Å²) in [6, 6.07) is 2.54. The number of aliphatic hydroxyl groups is 1. The van der Waals surface area contributed by atoms with Crippen molar-refractivity contribution in [3.63, 3.8) is 0 Å². The van der Waals surface area contributed by atoms with E-state index in [2.05, 4.69) is 40.7 Å². The first-order chi connectivity index (χ1) is 8.74. The standard InChI is InChI=1S/C17H31NO/c1-13(2)10-17(19,11-14(3)4)16(12-18)8-6-15(5)7-9-16/h13-15,19H,6-11H2,1-5H3. The van der Waals surface area contributed by atoms with E-state index in [1.54, 1.807) is 0 Å². The van der Waals surface area contributed by atoms with Crippen molar-refractivity contribution < 1.29 is 5.11 Å². The van der Waals surface area contributed by atoms with E-state index in [0.717, 1.165) is 38.5 Å². The summed E-state index contributed by atoms with van der Waals surface area (Å²) in [6.45, 7) is 10.8. The Bertz CT molecular complexity index is 309. The molecule has 0 aromatic heterocycles. The third-order valence-corrected chi connectivity index (χ3v) is 4.72. The second-order valence-electron chi connectivity index (χ2n) is 7.60. The molecule has 1 aliphatic rings. The topological polar surface area (TPSA) is 44.0 Å². The Morgan fingerprint density at radius 3 is 1.89 bits per heavy atom. The zero-order chi connectivity index (χ0) is 14.7. The second kappa shape index (κ2) is 6.27. The number of hydrogen-bond acceptors (Lipinski definition) is 2. The summed E-state index contributed by atoms with van der Waals surface area (Å²) >= 11 is 0. The predicted octanol–water partition coefficient (Wildman–Crippen LogP) is 4.53. The average Bonchev–Trinajstić information content (AvgIpc) is 2.27. The van der Waals surface area contributed by atoms with Gasteiger partial charge in [-0.1, -0.05) is 34.6 Å². The Labute approximate surface area is 119 Å². The van der Waals surface area contributed by atoms with Crippen LogP contribution in [0, 0.1) is 34.5 Å². The molecule has 1 N–H and O–H groups in total. The quantitative estimate of drug-likeness (QED) is 0.793. The van der Waals surface area contributed by atoms with Crippen molar-refractivity contribution in [2.24, 2.45) is 23.2 Å². The molecular formula is C17H31NO. The summed E-state index contributed by atoms with van der Waals surface area (Å²) in [5.41, 5.74) is -1.34. The summed E-state index contributed by atoms with van der Waals surface area (Å²) in [7, 11) is 0. The fourth-order valence-electron chi connectivity index (χ4n) is 3.76. The van der Waals surface area contributed by atoms with Crippen LogP contribution in [-0.2, 0) is 0 Å². The lowest BCUT2D eigenvalue weighted by Gasteiger charge is -2.48. The largest absolute Gasteiger partial charge is 0.388 e. The molecule has 2 nitrogen and oxygen atoms in total. The highest BCUT2D eigenvalue weighted by atomic mass is 16.3. The lowest BCUT2D eigenvalue weighted by atomic mass is 9.58. The van der Waals surface area contributed by atoms with Crippen LogP contribution < -0.4 is 0 Å². The second-order valence-corrected chi connectivity index (χ2v) is 7.60. The van der Waals surface area contributed by atoms with Gasteiger partial charge >= 0.3 is 0 Å². The van der Waals surface area contributed by atoms with E-state index >= 15 is 0 Å². The monoisotopic (exact) mass is 265 g/mol. The normalized spacial score (nSPS) is 28.7. The molecule has 0 atom stereocenters. The fourth-order valence-corrected chi connectivity index (χ4v) is 3.76. The zero-order valence-corrected chi connectivity index (χ0v) is 13.4. The first-order valence-corrected chi connectivity index (χ1v) is 7.88. The van der Waals surface area contributed by atoms with E-state index in [-0.39, 0.29) is 0 Å². The van der Waals surface area contributed by atoms with Crippen molar-refractivity contribution in [2.75, 3.05) is 0 Å². The van der Waals surface area contributed by atoms with Gasteiger partial charge in [0, 0.05) is 0 Å². The third kappa shape index (κ3) is 3.72. The van der Waals surface area contributed by atoms with Crippen LogP contribution in [0.3, 0.4) is 0 Å². The SMILES string of the molecule is CC(C)CC(O)(CC(C)C)C1(C#N)CCC(C)CC1. The Kier molecular flexibility index (Phi) is 5.44. The molecule has 0 amide bonds. The molecule has 0 radical (unpaired) electrons. The summed E-state index contributed by atoms with van der Waals surface area (Å²) in [5.74, 6) is 1.55.